The van der Waals surface area contributed by atoms with Crippen LogP contribution < -0.4 is 0 Å². The molecule has 0 unspecified atom stereocenters. The van der Waals surface area contributed by atoms with Gasteiger partial charge >= 0.3 is 0 Å². The monoisotopic (exact) mass is 389 g/mol. The Balaban J connectivity index is 1.28. The number of aromatic nitrogens is 3. The van der Waals surface area contributed by atoms with Crippen molar-refractivity contribution in [3.8, 4) is 11.3 Å². The summed E-state index contributed by atoms with van der Waals surface area (Å²) in [7, 11) is 0. The predicted molar refractivity (Wildman–Crippen MR) is 112 cm³/mol. The Labute approximate surface area is 171 Å². The lowest BCUT2D eigenvalue weighted by molar-refractivity contribution is -0.0881. The van der Waals surface area contributed by atoms with E-state index in [2.05, 4.69) is 55.7 Å². The van der Waals surface area contributed by atoms with Crippen molar-refractivity contribution in [3.63, 3.8) is 0 Å². The first-order chi connectivity index (χ1) is 14.4. The van der Waals surface area contributed by atoms with Gasteiger partial charge in [-0.3, -0.25) is 14.2 Å². The van der Waals surface area contributed by atoms with Gasteiger partial charge in [-0.25, -0.2) is 9.97 Å². The summed E-state index contributed by atoms with van der Waals surface area (Å²) in [5, 5.41) is 0. The van der Waals surface area contributed by atoms with Crippen LogP contribution in [-0.4, -0.2) is 69.1 Å². The van der Waals surface area contributed by atoms with E-state index in [1.54, 1.807) is 0 Å². The zero-order chi connectivity index (χ0) is 19.2. The molecule has 1 saturated carbocycles. The van der Waals surface area contributed by atoms with Gasteiger partial charge in [-0.05, 0) is 24.8 Å². The molecule has 1 aromatic carbocycles. The molecule has 6 heteroatoms. The SMILES string of the molecule is c1ccc(-c2nc3ncccn3c2CN2CCN3[C@@H](COC[C@@H]3C3CC3)C2)cc1. The Bertz CT molecular complexity index is 999. The van der Waals surface area contributed by atoms with E-state index in [9.17, 15) is 0 Å². The summed E-state index contributed by atoms with van der Waals surface area (Å²) in [5.74, 6) is 1.65. The summed E-state index contributed by atoms with van der Waals surface area (Å²) in [6.45, 7) is 5.98. The second-order valence-corrected chi connectivity index (χ2v) is 8.63. The van der Waals surface area contributed by atoms with Crippen molar-refractivity contribution in [2.24, 2.45) is 5.92 Å². The second kappa shape index (κ2) is 7.20. The van der Waals surface area contributed by atoms with E-state index in [0.29, 0.717) is 12.1 Å². The van der Waals surface area contributed by atoms with E-state index in [-0.39, 0.29) is 0 Å². The van der Waals surface area contributed by atoms with Crippen molar-refractivity contribution in [2.75, 3.05) is 32.8 Å². The van der Waals surface area contributed by atoms with Gasteiger partial charge in [-0.2, -0.15) is 0 Å². The molecule has 6 rings (SSSR count). The molecule has 29 heavy (non-hydrogen) atoms. The number of benzene rings is 1. The first kappa shape index (κ1) is 17.6. The summed E-state index contributed by atoms with van der Waals surface area (Å²) in [6.07, 6.45) is 6.67. The fourth-order valence-electron chi connectivity index (χ4n) is 5.10. The molecule has 2 aromatic heterocycles. The smallest absolute Gasteiger partial charge is 0.234 e. The van der Waals surface area contributed by atoms with E-state index in [4.69, 9.17) is 9.72 Å². The van der Waals surface area contributed by atoms with Crippen LogP contribution in [-0.2, 0) is 11.3 Å². The maximum Gasteiger partial charge on any atom is 0.234 e. The third kappa shape index (κ3) is 3.25. The molecule has 2 aliphatic heterocycles. The molecule has 0 N–H and O–H groups in total. The average molecular weight is 390 g/mol. The standard InChI is InChI=1S/C23H27N5O/c1-2-5-18(6-3-1)22-20(28-10-4-9-24-23(28)25-22)14-26-11-12-27-19(13-26)15-29-16-21(27)17-7-8-17/h1-6,9-10,17,19,21H,7-8,11-16H2/t19-,21-/m1/s1. The Morgan fingerprint density at radius 2 is 1.93 bits per heavy atom. The molecule has 2 atom stereocenters. The summed E-state index contributed by atoms with van der Waals surface area (Å²) in [5.41, 5.74) is 3.42. The lowest BCUT2D eigenvalue weighted by Crippen LogP contribution is -2.62. The van der Waals surface area contributed by atoms with Gasteiger partial charge in [0.15, 0.2) is 0 Å². The van der Waals surface area contributed by atoms with Crippen LogP contribution in [0.4, 0.5) is 0 Å². The van der Waals surface area contributed by atoms with Crippen LogP contribution in [0.2, 0.25) is 0 Å². The number of rotatable bonds is 4. The van der Waals surface area contributed by atoms with Gasteiger partial charge < -0.3 is 4.74 Å². The van der Waals surface area contributed by atoms with Gasteiger partial charge in [0.1, 0.15) is 0 Å². The second-order valence-electron chi connectivity index (χ2n) is 8.63. The van der Waals surface area contributed by atoms with E-state index in [1.165, 1.54) is 18.5 Å². The normalized spacial score (nSPS) is 25.9. The molecule has 0 bridgehead atoms. The molecule has 6 nitrogen and oxygen atoms in total. The first-order valence-electron chi connectivity index (χ1n) is 10.8. The molecule has 3 fully saturated rings. The van der Waals surface area contributed by atoms with E-state index >= 15 is 0 Å². The third-order valence-electron chi connectivity index (χ3n) is 6.73. The topological polar surface area (TPSA) is 45.9 Å². The lowest BCUT2D eigenvalue weighted by Gasteiger charge is -2.48. The summed E-state index contributed by atoms with van der Waals surface area (Å²) in [6, 6.07) is 13.6. The fourth-order valence-corrected chi connectivity index (χ4v) is 5.10. The highest BCUT2D eigenvalue weighted by Gasteiger charge is 2.42. The molecular weight excluding hydrogens is 362 g/mol. The number of hydrogen-bond donors (Lipinski definition) is 0. The Morgan fingerprint density at radius 1 is 1.03 bits per heavy atom. The molecule has 0 radical (unpaired) electrons. The van der Waals surface area contributed by atoms with Gasteiger partial charge in [-0.15, -0.1) is 0 Å². The highest BCUT2D eigenvalue weighted by Crippen LogP contribution is 2.38. The molecule has 150 valence electrons. The first-order valence-corrected chi connectivity index (χ1v) is 10.8. The Kier molecular flexibility index (Phi) is 4.36. The molecule has 0 spiro atoms. The van der Waals surface area contributed by atoms with Crippen LogP contribution in [0.5, 0.6) is 0 Å². The van der Waals surface area contributed by atoms with E-state index in [1.807, 2.05) is 12.3 Å². The molecule has 3 aliphatic rings. The molecular formula is C23H27N5O. The van der Waals surface area contributed by atoms with Crippen LogP contribution in [0.3, 0.4) is 0 Å². The van der Waals surface area contributed by atoms with Crippen LogP contribution in [0.25, 0.3) is 17.0 Å². The number of ether oxygens (including phenoxy) is 1. The summed E-state index contributed by atoms with van der Waals surface area (Å²) >= 11 is 0. The van der Waals surface area contributed by atoms with Crippen LogP contribution in [0, 0.1) is 5.92 Å². The zero-order valence-corrected chi connectivity index (χ0v) is 16.7. The van der Waals surface area contributed by atoms with E-state index in [0.717, 1.165) is 62.3 Å². The zero-order valence-electron chi connectivity index (χ0n) is 16.7. The number of hydrogen-bond acceptors (Lipinski definition) is 5. The highest BCUT2D eigenvalue weighted by molar-refractivity contribution is 5.65. The summed E-state index contributed by atoms with van der Waals surface area (Å²) < 4.78 is 8.16. The van der Waals surface area contributed by atoms with E-state index < -0.39 is 0 Å². The summed E-state index contributed by atoms with van der Waals surface area (Å²) in [4.78, 5) is 14.7. The average Bonchev–Trinajstić information content (AvgIpc) is 3.56. The quantitative estimate of drug-likeness (QED) is 0.687. The van der Waals surface area contributed by atoms with Crippen molar-refractivity contribution < 1.29 is 4.74 Å². The minimum Gasteiger partial charge on any atom is -0.378 e. The van der Waals surface area contributed by atoms with Gasteiger partial charge in [0.05, 0.1) is 24.6 Å². The van der Waals surface area contributed by atoms with Crippen LogP contribution in [0.1, 0.15) is 18.5 Å². The number of morpholine rings is 1. The van der Waals surface area contributed by atoms with Crippen molar-refractivity contribution in [2.45, 2.75) is 31.5 Å². The van der Waals surface area contributed by atoms with Crippen LogP contribution in [0.15, 0.2) is 48.8 Å². The van der Waals surface area contributed by atoms with Gasteiger partial charge in [0, 0.05) is 56.2 Å². The van der Waals surface area contributed by atoms with Crippen molar-refractivity contribution in [1.82, 2.24) is 24.2 Å². The maximum atomic E-state index is 6.00. The molecule has 2 saturated heterocycles. The minimum absolute atomic E-state index is 0.514. The predicted octanol–water partition coefficient (Wildman–Crippen LogP) is 2.69. The largest absolute Gasteiger partial charge is 0.378 e. The molecule has 3 aromatic rings. The Hall–Kier alpha value is -2.28. The lowest BCUT2D eigenvalue weighted by atomic mass is 10.0. The van der Waals surface area contributed by atoms with Gasteiger partial charge in [0.25, 0.3) is 0 Å². The minimum atomic E-state index is 0.514. The number of nitrogens with zero attached hydrogens (tertiary/aromatic N) is 5. The van der Waals surface area contributed by atoms with Crippen molar-refractivity contribution in [1.29, 1.82) is 0 Å². The number of fused-ring (bicyclic) bond motifs is 2. The Morgan fingerprint density at radius 3 is 2.79 bits per heavy atom. The molecule has 4 heterocycles. The maximum absolute atomic E-state index is 6.00. The molecule has 1 aliphatic carbocycles. The van der Waals surface area contributed by atoms with Gasteiger partial charge in [0.2, 0.25) is 5.78 Å². The fraction of sp³-hybridized carbons (Fsp3) is 0.478. The number of piperazine rings is 1. The highest BCUT2D eigenvalue weighted by atomic mass is 16.5. The number of imidazole rings is 1. The van der Waals surface area contributed by atoms with Crippen molar-refractivity contribution >= 4 is 5.78 Å². The van der Waals surface area contributed by atoms with Crippen LogP contribution >= 0.6 is 0 Å². The van der Waals surface area contributed by atoms with Crippen molar-refractivity contribution in [3.05, 3.63) is 54.5 Å². The molecule has 0 amide bonds. The third-order valence-corrected chi connectivity index (χ3v) is 6.73. The van der Waals surface area contributed by atoms with Gasteiger partial charge in [-0.1, -0.05) is 30.3 Å².